The highest BCUT2D eigenvalue weighted by molar-refractivity contribution is 5.29. The van der Waals surface area contributed by atoms with Gasteiger partial charge in [0, 0.05) is 12.6 Å². The van der Waals surface area contributed by atoms with Crippen molar-refractivity contribution < 1.29 is 0 Å². The largest absolute Gasteiger partial charge is 0.303 e. The summed E-state index contributed by atoms with van der Waals surface area (Å²) in [7, 11) is 2.33. The zero-order valence-electron chi connectivity index (χ0n) is 15.7. The number of benzene rings is 1. The molecule has 0 N–H and O–H groups in total. The third-order valence-corrected chi connectivity index (χ3v) is 6.81. The average molecular weight is 351 g/mol. The molecule has 0 radical (unpaired) electrons. The molecule has 5 rings (SSSR count). The first kappa shape index (κ1) is 16.5. The molecular formula is C21H29N5. The van der Waals surface area contributed by atoms with Crippen LogP contribution in [0, 0.1) is 11.3 Å². The molecule has 0 bridgehead atoms. The van der Waals surface area contributed by atoms with Crippen LogP contribution in [-0.2, 0) is 6.54 Å². The molecule has 2 heterocycles. The Morgan fingerprint density at radius 3 is 2.65 bits per heavy atom. The topological polar surface area (TPSA) is 37.2 Å². The van der Waals surface area contributed by atoms with E-state index in [-0.39, 0.29) is 0 Å². The molecule has 3 fully saturated rings. The second-order valence-electron chi connectivity index (χ2n) is 8.65. The van der Waals surface area contributed by atoms with Crippen molar-refractivity contribution in [2.24, 2.45) is 11.3 Å². The fraction of sp³-hybridized carbons (Fsp3) is 0.619. The van der Waals surface area contributed by atoms with E-state index in [0.717, 1.165) is 30.0 Å². The summed E-state index contributed by atoms with van der Waals surface area (Å²) in [4.78, 5) is 9.68. The molecule has 1 aromatic heterocycles. The van der Waals surface area contributed by atoms with Crippen LogP contribution in [0.1, 0.15) is 37.9 Å². The van der Waals surface area contributed by atoms with Crippen LogP contribution in [0.2, 0.25) is 0 Å². The van der Waals surface area contributed by atoms with E-state index in [1.807, 2.05) is 29.2 Å². The van der Waals surface area contributed by atoms with Gasteiger partial charge in [-0.15, -0.1) is 5.10 Å². The number of hydrogen-bond donors (Lipinski definition) is 0. The van der Waals surface area contributed by atoms with E-state index in [4.69, 9.17) is 0 Å². The van der Waals surface area contributed by atoms with Crippen molar-refractivity contribution in [2.75, 3.05) is 26.7 Å². The summed E-state index contributed by atoms with van der Waals surface area (Å²) in [6.07, 6.45) is 8.85. The molecule has 1 aromatic carbocycles. The first-order valence-corrected chi connectivity index (χ1v) is 10.1. The van der Waals surface area contributed by atoms with E-state index >= 15 is 0 Å². The third kappa shape index (κ3) is 3.30. The smallest absolute Gasteiger partial charge is 0.164 e. The molecule has 138 valence electrons. The summed E-state index contributed by atoms with van der Waals surface area (Å²) >= 11 is 0. The van der Waals surface area contributed by atoms with Crippen molar-refractivity contribution in [2.45, 2.75) is 44.7 Å². The average Bonchev–Trinajstić information content (AvgIpc) is 3.57. The second kappa shape index (κ2) is 6.46. The third-order valence-electron chi connectivity index (χ3n) is 6.81. The quantitative estimate of drug-likeness (QED) is 0.802. The standard InChI is InChI=1S/C21H29N5/c1-24(18-7-8-18)14-17-13-21(17)9-11-25(12-10-21)15-20-22-16-26(23-20)19-5-3-2-4-6-19/h2-6,16-18H,7-15H2,1H3. The Morgan fingerprint density at radius 2 is 1.92 bits per heavy atom. The molecule has 26 heavy (non-hydrogen) atoms. The zero-order valence-corrected chi connectivity index (χ0v) is 15.7. The minimum Gasteiger partial charge on any atom is -0.303 e. The van der Waals surface area contributed by atoms with E-state index < -0.39 is 0 Å². The van der Waals surface area contributed by atoms with Crippen molar-refractivity contribution in [3.05, 3.63) is 42.5 Å². The first-order valence-electron chi connectivity index (χ1n) is 10.1. The zero-order chi connectivity index (χ0) is 17.6. The molecule has 0 amide bonds. The van der Waals surface area contributed by atoms with Crippen LogP contribution in [0.25, 0.3) is 5.69 Å². The number of likely N-dealkylation sites (tertiary alicyclic amines) is 1. The second-order valence-corrected chi connectivity index (χ2v) is 8.65. The summed E-state index contributed by atoms with van der Waals surface area (Å²) in [6, 6.07) is 11.1. The maximum absolute atomic E-state index is 4.66. The van der Waals surface area contributed by atoms with Gasteiger partial charge in [0.1, 0.15) is 6.33 Å². The fourth-order valence-electron chi connectivity index (χ4n) is 4.75. The number of para-hydroxylation sites is 1. The molecule has 5 nitrogen and oxygen atoms in total. The lowest BCUT2D eigenvalue weighted by Crippen LogP contribution is -2.36. The molecule has 1 unspecified atom stereocenters. The monoisotopic (exact) mass is 351 g/mol. The molecule has 1 spiro atoms. The molecule has 1 atom stereocenters. The van der Waals surface area contributed by atoms with E-state index in [1.165, 1.54) is 51.7 Å². The lowest BCUT2D eigenvalue weighted by atomic mass is 9.90. The highest BCUT2D eigenvalue weighted by Gasteiger charge is 2.55. The van der Waals surface area contributed by atoms with Crippen LogP contribution in [-0.4, -0.2) is 57.3 Å². The van der Waals surface area contributed by atoms with Gasteiger partial charge in [-0.3, -0.25) is 4.90 Å². The lowest BCUT2D eigenvalue weighted by molar-refractivity contribution is 0.146. The number of piperidine rings is 1. The van der Waals surface area contributed by atoms with Crippen molar-refractivity contribution in [3.63, 3.8) is 0 Å². The van der Waals surface area contributed by atoms with Crippen LogP contribution in [0.15, 0.2) is 36.7 Å². The summed E-state index contributed by atoms with van der Waals surface area (Å²) in [5.74, 6) is 1.89. The summed E-state index contributed by atoms with van der Waals surface area (Å²) in [6.45, 7) is 4.60. The number of hydrogen-bond acceptors (Lipinski definition) is 4. The molecular weight excluding hydrogens is 322 g/mol. The number of aromatic nitrogens is 3. The van der Waals surface area contributed by atoms with Crippen LogP contribution in [0.3, 0.4) is 0 Å². The van der Waals surface area contributed by atoms with Crippen molar-refractivity contribution in [1.82, 2.24) is 24.6 Å². The summed E-state index contributed by atoms with van der Waals surface area (Å²) < 4.78 is 1.88. The van der Waals surface area contributed by atoms with Crippen molar-refractivity contribution >= 4 is 0 Å². The van der Waals surface area contributed by atoms with Crippen molar-refractivity contribution in [3.8, 4) is 5.69 Å². The van der Waals surface area contributed by atoms with E-state index in [2.05, 4.69) is 39.1 Å². The van der Waals surface area contributed by atoms with Crippen LogP contribution in [0.5, 0.6) is 0 Å². The van der Waals surface area contributed by atoms with Gasteiger partial charge in [-0.05, 0) is 75.7 Å². The van der Waals surface area contributed by atoms with Crippen LogP contribution in [0.4, 0.5) is 0 Å². The maximum Gasteiger partial charge on any atom is 0.164 e. The summed E-state index contributed by atoms with van der Waals surface area (Å²) in [5.41, 5.74) is 1.74. The van der Waals surface area contributed by atoms with Gasteiger partial charge in [-0.2, -0.15) is 0 Å². The highest BCUT2D eigenvalue weighted by atomic mass is 15.3. The Balaban J connectivity index is 1.13. The van der Waals surface area contributed by atoms with Gasteiger partial charge in [0.05, 0.1) is 12.2 Å². The van der Waals surface area contributed by atoms with E-state index in [0.29, 0.717) is 5.41 Å². The minimum atomic E-state index is 0.663. The molecule has 3 aliphatic rings. The lowest BCUT2D eigenvalue weighted by Gasteiger charge is -2.32. The predicted octanol–water partition coefficient (Wildman–Crippen LogP) is 2.96. The molecule has 2 saturated carbocycles. The van der Waals surface area contributed by atoms with Gasteiger partial charge in [0.2, 0.25) is 0 Å². The fourth-order valence-corrected chi connectivity index (χ4v) is 4.75. The first-order chi connectivity index (χ1) is 12.7. The van der Waals surface area contributed by atoms with Gasteiger partial charge in [0.15, 0.2) is 5.82 Å². The Bertz CT molecular complexity index is 743. The Labute approximate surface area is 156 Å². The Kier molecular flexibility index (Phi) is 4.09. The van der Waals surface area contributed by atoms with E-state index in [1.54, 1.807) is 0 Å². The van der Waals surface area contributed by atoms with Gasteiger partial charge in [0.25, 0.3) is 0 Å². The number of nitrogens with zero attached hydrogens (tertiary/aromatic N) is 5. The summed E-state index contributed by atoms with van der Waals surface area (Å²) in [5, 5.41) is 4.66. The van der Waals surface area contributed by atoms with Gasteiger partial charge >= 0.3 is 0 Å². The van der Waals surface area contributed by atoms with Crippen LogP contribution < -0.4 is 0 Å². The predicted molar refractivity (Wildman–Crippen MR) is 102 cm³/mol. The SMILES string of the molecule is CN(CC1CC12CCN(Cc1ncn(-c3ccccc3)n1)CC2)C1CC1. The molecule has 5 heteroatoms. The number of rotatable bonds is 6. The Morgan fingerprint density at radius 1 is 1.15 bits per heavy atom. The van der Waals surface area contributed by atoms with Gasteiger partial charge < -0.3 is 4.90 Å². The molecule has 2 aromatic rings. The van der Waals surface area contributed by atoms with Gasteiger partial charge in [-0.1, -0.05) is 18.2 Å². The van der Waals surface area contributed by atoms with Crippen molar-refractivity contribution in [1.29, 1.82) is 0 Å². The van der Waals surface area contributed by atoms with Crippen LogP contribution >= 0.6 is 0 Å². The highest BCUT2D eigenvalue weighted by Crippen LogP contribution is 2.59. The van der Waals surface area contributed by atoms with Gasteiger partial charge in [-0.25, -0.2) is 9.67 Å². The van der Waals surface area contributed by atoms with E-state index in [9.17, 15) is 0 Å². The minimum absolute atomic E-state index is 0.663. The Hall–Kier alpha value is -1.72. The molecule has 1 aliphatic heterocycles. The normalized spacial score (nSPS) is 25.1. The molecule has 1 saturated heterocycles. The molecule has 2 aliphatic carbocycles. The maximum atomic E-state index is 4.66.